The van der Waals surface area contributed by atoms with E-state index in [9.17, 15) is 4.79 Å². The molecule has 3 aliphatic rings. The summed E-state index contributed by atoms with van der Waals surface area (Å²) in [5.74, 6) is 2.17. The van der Waals surface area contributed by atoms with E-state index in [1.807, 2.05) is 0 Å². The van der Waals surface area contributed by atoms with Crippen LogP contribution in [0, 0.1) is 17.8 Å². The third kappa shape index (κ3) is 2.32. The Labute approximate surface area is 92.9 Å². The molecule has 2 bridgehead atoms. The molecule has 0 radical (unpaired) electrons. The van der Waals surface area contributed by atoms with E-state index in [2.05, 4.69) is 19.9 Å². The van der Waals surface area contributed by atoms with Gasteiger partial charge in [0.25, 0.3) is 0 Å². The molecule has 1 nitrogen and oxygen atoms in total. The van der Waals surface area contributed by atoms with Gasteiger partial charge in [0.2, 0.25) is 0 Å². The highest BCUT2D eigenvalue weighted by molar-refractivity contribution is 5.85. The van der Waals surface area contributed by atoms with Crippen molar-refractivity contribution < 1.29 is 4.79 Å². The Morgan fingerprint density at radius 1 is 1.27 bits per heavy atom. The molecule has 0 N–H and O–H groups in total. The normalized spacial score (nSPS) is 34.3. The SMILES string of the molecule is CC(C)=CCCC1C(=O)C2CCC1CC2. The van der Waals surface area contributed by atoms with Gasteiger partial charge in [0.15, 0.2) is 0 Å². The molecule has 0 aromatic rings. The van der Waals surface area contributed by atoms with Crippen molar-refractivity contribution in [2.75, 3.05) is 0 Å². The van der Waals surface area contributed by atoms with Crippen LogP contribution in [0.1, 0.15) is 52.4 Å². The first-order valence-corrected chi connectivity index (χ1v) is 6.35. The second kappa shape index (κ2) is 4.51. The van der Waals surface area contributed by atoms with Crippen molar-refractivity contribution in [2.45, 2.75) is 52.4 Å². The summed E-state index contributed by atoms with van der Waals surface area (Å²) < 4.78 is 0. The molecule has 0 amide bonds. The number of fused-ring (bicyclic) bond motifs is 3. The van der Waals surface area contributed by atoms with Crippen LogP contribution in [0.25, 0.3) is 0 Å². The third-order valence-corrected chi connectivity index (χ3v) is 4.14. The summed E-state index contributed by atoms with van der Waals surface area (Å²) in [5, 5.41) is 0. The fraction of sp³-hybridized carbons (Fsp3) is 0.786. The largest absolute Gasteiger partial charge is 0.299 e. The smallest absolute Gasteiger partial charge is 0.139 e. The van der Waals surface area contributed by atoms with Crippen LogP contribution in [-0.2, 0) is 4.79 Å². The van der Waals surface area contributed by atoms with Crippen molar-refractivity contribution in [3.05, 3.63) is 11.6 Å². The minimum atomic E-state index is 0.410. The van der Waals surface area contributed by atoms with Gasteiger partial charge in [-0.2, -0.15) is 0 Å². The Bertz CT molecular complexity index is 265. The van der Waals surface area contributed by atoms with Gasteiger partial charge in [-0.15, -0.1) is 0 Å². The molecule has 0 aromatic carbocycles. The van der Waals surface area contributed by atoms with Crippen LogP contribution in [0.5, 0.6) is 0 Å². The van der Waals surface area contributed by atoms with Gasteiger partial charge in [0.1, 0.15) is 5.78 Å². The molecule has 0 aromatic heterocycles. The Hall–Kier alpha value is -0.590. The van der Waals surface area contributed by atoms with Crippen LogP contribution < -0.4 is 0 Å². The predicted molar refractivity (Wildman–Crippen MR) is 62.6 cm³/mol. The number of hydrogen-bond acceptors (Lipinski definition) is 1. The van der Waals surface area contributed by atoms with Gasteiger partial charge in [0.05, 0.1) is 0 Å². The number of hydrogen-bond donors (Lipinski definition) is 0. The molecule has 3 fully saturated rings. The van der Waals surface area contributed by atoms with Crippen LogP contribution in [0.2, 0.25) is 0 Å². The summed E-state index contributed by atoms with van der Waals surface area (Å²) in [6.07, 6.45) is 9.47. The third-order valence-electron chi connectivity index (χ3n) is 4.14. The summed E-state index contributed by atoms with van der Waals surface area (Å²) in [6.45, 7) is 4.27. The van der Waals surface area contributed by atoms with Gasteiger partial charge in [-0.3, -0.25) is 4.79 Å². The highest BCUT2D eigenvalue weighted by Gasteiger charge is 2.41. The fourth-order valence-electron chi connectivity index (χ4n) is 3.27. The van der Waals surface area contributed by atoms with Gasteiger partial charge in [-0.1, -0.05) is 11.6 Å². The molecule has 3 aliphatic carbocycles. The highest BCUT2D eigenvalue weighted by Crippen LogP contribution is 2.44. The first kappa shape index (κ1) is 10.9. The molecule has 1 heteroatoms. The minimum Gasteiger partial charge on any atom is -0.299 e. The monoisotopic (exact) mass is 206 g/mol. The summed E-state index contributed by atoms with van der Waals surface area (Å²) in [7, 11) is 0. The maximum Gasteiger partial charge on any atom is 0.139 e. The second-order valence-corrected chi connectivity index (χ2v) is 5.48. The standard InChI is InChI=1S/C14H22O/c1-10(2)4-3-5-13-11-6-8-12(9-7-11)14(13)15/h4,11-13H,3,5-9H2,1-2H3. The molecule has 0 spiro atoms. The minimum absolute atomic E-state index is 0.410. The summed E-state index contributed by atoms with van der Waals surface area (Å²) in [6, 6.07) is 0. The lowest BCUT2D eigenvalue weighted by Gasteiger charge is -2.41. The van der Waals surface area contributed by atoms with Crippen LogP contribution in [0.3, 0.4) is 0 Å². The van der Waals surface area contributed by atoms with E-state index in [1.54, 1.807) is 0 Å². The lowest BCUT2D eigenvalue weighted by Crippen LogP contribution is -2.40. The van der Waals surface area contributed by atoms with Crippen LogP contribution in [0.4, 0.5) is 0 Å². The zero-order valence-corrected chi connectivity index (χ0v) is 9.96. The summed E-state index contributed by atoms with van der Waals surface area (Å²) in [5.41, 5.74) is 1.38. The van der Waals surface area contributed by atoms with Crippen molar-refractivity contribution >= 4 is 5.78 Å². The van der Waals surface area contributed by atoms with E-state index in [4.69, 9.17) is 0 Å². The molecule has 3 saturated carbocycles. The fourth-order valence-corrected chi connectivity index (χ4v) is 3.27. The summed E-state index contributed by atoms with van der Waals surface area (Å²) in [4.78, 5) is 12.0. The van der Waals surface area contributed by atoms with E-state index in [0.717, 1.165) is 18.8 Å². The molecule has 1 atom stereocenters. The quantitative estimate of drug-likeness (QED) is 0.643. The van der Waals surface area contributed by atoms with E-state index in [0.29, 0.717) is 17.6 Å². The van der Waals surface area contributed by atoms with E-state index < -0.39 is 0 Å². The van der Waals surface area contributed by atoms with E-state index in [1.165, 1.54) is 31.3 Å². The number of carbonyl (C=O) groups excluding carboxylic acids is 1. The first-order valence-electron chi connectivity index (χ1n) is 6.35. The number of Topliss-reactive ketones (excluding diaryl/α,β-unsaturated/α-hetero) is 1. The topological polar surface area (TPSA) is 17.1 Å². The molecule has 15 heavy (non-hydrogen) atoms. The lowest BCUT2D eigenvalue weighted by atomic mass is 9.63. The Morgan fingerprint density at radius 3 is 2.47 bits per heavy atom. The Kier molecular flexibility index (Phi) is 3.28. The van der Waals surface area contributed by atoms with Crippen molar-refractivity contribution in [3.8, 4) is 0 Å². The van der Waals surface area contributed by atoms with Crippen molar-refractivity contribution in [2.24, 2.45) is 17.8 Å². The molecular formula is C14H22O. The molecule has 0 saturated heterocycles. The lowest BCUT2D eigenvalue weighted by molar-refractivity contribution is -0.135. The van der Waals surface area contributed by atoms with Crippen molar-refractivity contribution in [1.82, 2.24) is 0 Å². The zero-order chi connectivity index (χ0) is 10.8. The highest BCUT2D eigenvalue weighted by atomic mass is 16.1. The number of ketones is 1. The van der Waals surface area contributed by atoms with Gasteiger partial charge < -0.3 is 0 Å². The molecule has 0 aliphatic heterocycles. The van der Waals surface area contributed by atoms with Crippen LogP contribution in [-0.4, -0.2) is 5.78 Å². The Balaban J connectivity index is 1.91. The number of allylic oxidation sites excluding steroid dienone is 2. The molecular weight excluding hydrogens is 184 g/mol. The summed E-state index contributed by atoms with van der Waals surface area (Å²) >= 11 is 0. The van der Waals surface area contributed by atoms with Gasteiger partial charge >= 0.3 is 0 Å². The van der Waals surface area contributed by atoms with Gasteiger partial charge in [0, 0.05) is 11.8 Å². The maximum absolute atomic E-state index is 12.0. The van der Waals surface area contributed by atoms with Gasteiger partial charge in [-0.05, 0) is 58.3 Å². The van der Waals surface area contributed by atoms with Crippen LogP contribution in [0.15, 0.2) is 11.6 Å². The van der Waals surface area contributed by atoms with Crippen LogP contribution >= 0.6 is 0 Å². The molecule has 84 valence electrons. The predicted octanol–water partition coefficient (Wildman–Crippen LogP) is 3.74. The average Bonchev–Trinajstić information content (AvgIpc) is 2.22. The second-order valence-electron chi connectivity index (χ2n) is 5.48. The van der Waals surface area contributed by atoms with Gasteiger partial charge in [-0.25, -0.2) is 0 Å². The maximum atomic E-state index is 12.0. The number of rotatable bonds is 3. The zero-order valence-electron chi connectivity index (χ0n) is 9.96. The van der Waals surface area contributed by atoms with Crippen molar-refractivity contribution in [3.63, 3.8) is 0 Å². The Morgan fingerprint density at radius 2 is 1.93 bits per heavy atom. The first-order chi connectivity index (χ1) is 7.18. The average molecular weight is 206 g/mol. The molecule has 3 rings (SSSR count). The van der Waals surface area contributed by atoms with E-state index in [-0.39, 0.29) is 0 Å². The van der Waals surface area contributed by atoms with E-state index >= 15 is 0 Å². The number of carbonyl (C=O) groups is 1. The van der Waals surface area contributed by atoms with Crippen molar-refractivity contribution in [1.29, 1.82) is 0 Å². The molecule has 0 heterocycles. The molecule has 1 unspecified atom stereocenters.